The first-order chi connectivity index (χ1) is 31.0. The third kappa shape index (κ3) is 24.5. The number of carbonyl (C=O) groups is 2. The Balaban J connectivity index is 1.85. The number of aliphatic hydroxyl groups excluding tert-OH is 7. The molecule has 11 atom stereocenters. The minimum absolute atomic E-state index is 0.135. The molecule has 2 aliphatic heterocycles. The van der Waals surface area contributed by atoms with Crippen molar-refractivity contribution >= 4 is 11.9 Å². The van der Waals surface area contributed by atoms with E-state index >= 15 is 0 Å². The zero-order valence-electron chi connectivity index (χ0n) is 38.2. The van der Waals surface area contributed by atoms with Gasteiger partial charge < -0.3 is 64.2 Å². The predicted molar refractivity (Wildman–Crippen MR) is 242 cm³/mol. The van der Waals surface area contributed by atoms with Gasteiger partial charge >= 0.3 is 11.9 Å². The summed E-state index contributed by atoms with van der Waals surface area (Å²) in [4.78, 5) is 25.7. The predicted octanol–water partition coefficient (Wildman–Crippen LogP) is 5.48. The van der Waals surface area contributed by atoms with Crippen LogP contribution in [0.1, 0.15) is 129 Å². The second-order valence-electron chi connectivity index (χ2n) is 16.3. The van der Waals surface area contributed by atoms with Crippen LogP contribution in [0.15, 0.2) is 72.9 Å². The smallest absolute Gasteiger partial charge is 0.306 e. The molecule has 366 valence electrons. The highest BCUT2D eigenvalue weighted by Crippen LogP contribution is 2.26. The van der Waals surface area contributed by atoms with Crippen molar-refractivity contribution in [2.24, 2.45) is 0 Å². The molecule has 0 bridgehead atoms. The Morgan fingerprint density at radius 3 is 1.45 bits per heavy atom. The van der Waals surface area contributed by atoms with E-state index in [2.05, 4.69) is 44.2 Å². The molecule has 64 heavy (non-hydrogen) atoms. The molecular weight excluding hydrogens is 829 g/mol. The van der Waals surface area contributed by atoms with E-state index in [9.17, 15) is 45.3 Å². The molecule has 2 rings (SSSR count). The van der Waals surface area contributed by atoms with Crippen LogP contribution in [0.2, 0.25) is 0 Å². The maximum Gasteiger partial charge on any atom is 0.306 e. The first-order valence-electron chi connectivity index (χ1n) is 23.6. The largest absolute Gasteiger partial charge is 0.462 e. The highest BCUT2D eigenvalue weighted by Gasteiger charge is 2.47. The Morgan fingerprint density at radius 1 is 0.500 bits per heavy atom. The average molecular weight is 909 g/mol. The van der Waals surface area contributed by atoms with Crippen molar-refractivity contribution in [1.82, 2.24) is 0 Å². The van der Waals surface area contributed by atoms with Gasteiger partial charge in [0.1, 0.15) is 55.4 Å². The first-order valence-corrected chi connectivity index (χ1v) is 23.6. The lowest BCUT2D eigenvalue weighted by atomic mass is 9.98. The number of hydrogen-bond acceptors (Lipinski definition) is 15. The summed E-state index contributed by atoms with van der Waals surface area (Å²) < 4.78 is 33.4. The van der Waals surface area contributed by atoms with Gasteiger partial charge in [-0.1, -0.05) is 138 Å². The van der Waals surface area contributed by atoms with Gasteiger partial charge in [0.25, 0.3) is 0 Å². The number of esters is 2. The van der Waals surface area contributed by atoms with Crippen LogP contribution in [0.4, 0.5) is 0 Å². The molecule has 2 heterocycles. The average Bonchev–Trinajstić information content (AvgIpc) is 3.29. The third-order valence-corrected chi connectivity index (χ3v) is 10.8. The van der Waals surface area contributed by atoms with Crippen LogP contribution in [0, 0.1) is 0 Å². The monoisotopic (exact) mass is 909 g/mol. The van der Waals surface area contributed by atoms with Gasteiger partial charge in [-0.25, -0.2) is 0 Å². The van der Waals surface area contributed by atoms with Crippen molar-refractivity contribution in [3.05, 3.63) is 72.9 Å². The number of carbonyl (C=O) groups excluding carboxylic acids is 2. The molecule has 0 saturated carbocycles. The van der Waals surface area contributed by atoms with Crippen LogP contribution < -0.4 is 0 Å². The fourth-order valence-corrected chi connectivity index (χ4v) is 6.92. The summed E-state index contributed by atoms with van der Waals surface area (Å²) in [5, 5.41) is 71.9. The number of ether oxygens (including phenoxy) is 6. The summed E-state index contributed by atoms with van der Waals surface area (Å²) in [7, 11) is 0. The maximum absolute atomic E-state index is 12.9. The van der Waals surface area contributed by atoms with Crippen LogP contribution in [0.3, 0.4) is 0 Å². The van der Waals surface area contributed by atoms with Crippen molar-refractivity contribution in [2.75, 3.05) is 26.4 Å². The Hall–Kier alpha value is -3.06. The van der Waals surface area contributed by atoms with Gasteiger partial charge in [-0.15, -0.1) is 0 Å². The highest BCUT2D eigenvalue weighted by molar-refractivity contribution is 5.70. The first kappa shape index (κ1) is 57.1. The van der Waals surface area contributed by atoms with E-state index in [0.29, 0.717) is 12.8 Å². The SMILES string of the molecule is CC/C=C/C=C/C=C/CCCCCCCCCC(=O)OCC(CO[C@@H]1O[C@H](CO[C@@H]2O[C@H](CO)[C@H](O)C(O)C2O)[C@H](O)C(O)C1O)OC(=O)CCCCCCC/C=C/C=C/C=C/CC. The van der Waals surface area contributed by atoms with E-state index in [1.807, 2.05) is 42.5 Å². The molecular formula is C49H80O15. The lowest BCUT2D eigenvalue weighted by Crippen LogP contribution is -2.61. The molecule has 0 aliphatic carbocycles. The topological polar surface area (TPSA) is 231 Å². The van der Waals surface area contributed by atoms with Gasteiger partial charge in [0.05, 0.1) is 19.8 Å². The molecule has 2 saturated heterocycles. The lowest BCUT2D eigenvalue weighted by molar-refractivity contribution is -0.332. The van der Waals surface area contributed by atoms with Gasteiger partial charge in [-0.05, 0) is 51.4 Å². The van der Waals surface area contributed by atoms with Crippen LogP contribution in [0.25, 0.3) is 0 Å². The zero-order valence-corrected chi connectivity index (χ0v) is 38.2. The maximum atomic E-state index is 12.9. The van der Waals surface area contributed by atoms with E-state index in [-0.39, 0.29) is 19.4 Å². The van der Waals surface area contributed by atoms with Gasteiger partial charge in [0.15, 0.2) is 18.7 Å². The fraction of sp³-hybridized carbons (Fsp3) is 0.714. The molecule has 0 amide bonds. The van der Waals surface area contributed by atoms with Gasteiger partial charge in [0, 0.05) is 12.8 Å². The third-order valence-electron chi connectivity index (χ3n) is 10.8. The molecule has 0 aromatic heterocycles. The Kier molecular flexibility index (Phi) is 32.2. The molecule has 0 spiro atoms. The van der Waals surface area contributed by atoms with Crippen molar-refractivity contribution in [1.29, 1.82) is 0 Å². The van der Waals surface area contributed by atoms with Crippen molar-refractivity contribution < 1.29 is 73.8 Å². The molecule has 0 aromatic rings. The highest BCUT2D eigenvalue weighted by atomic mass is 16.7. The Bertz CT molecular complexity index is 1390. The van der Waals surface area contributed by atoms with Crippen molar-refractivity contribution in [3.63, 3.8) is 0 Å². The molecule has 7 N–H and O–H groups in total. The summed E-state index contributed by atoms with van der Waals surface area (Å²) in [6.07, 6.45) is 23.7. The number of aliphatic hydroxyl groups is 7. The summed E-state index contributed by atoms with van der Waals surface area (Å²) in [5.41, 5.74) is 0. The van der Waals surface area contributed by atoms with E-state index in [0.717, 1.165) is 89.9 Å². The second-order valence-corrected chi connectivity index (χ2v) is 16.3. The summed E-state index contributed by atoms with van der Waals surface area (Å²) in [5.74, 6) is -0.972. The van der Waals surface area contributed by atoms with Crippen LogP contribution >= 0.6 is 0 Å². The second kappa shape index (κ2) is 36.1. The van der Waals surface area contributed by atoms with Crippen LogP contribution in [-0.2, 0) is 38.0 Å². The van der Waals surface area contributed by atoms with Gasteiger partial charge in [-0.2, -0.15) is 0 Å². The molecule has 0 aromatic carbocycles. The number of hydrogen-bond donors (Lipinski definition) is 7. The molecule has 0 radical (unpaired) electrons. The summed E-state index contributed by atoms with van der Waals surface area (Å²) in [6, 6.07) is 0. The molecule has 2 aliphatic rings. The van der Waals surface area contributed by atoms with Crippen molar-refractivity contribution in [2.45, 2.75) is 197 Å². The lowest BCUT2D eigenvalue weighted by Gasteiger charge is -2.42. The van der Waals surface area contributed by atoms with E-state index in [4.69, 9.17) is 28.4 Å². The number of allylic oxidation sites excluding steroid dienone is 12. The van der Waals surface area contributed by atoms with Gasteiger partial charge in [0.2, 0.25) is 0 Å². The van der Waals surface area contributed by atoms with Crippen LogP contribution in [0.5, 0.6) is 0 Å². The van der Waals surface area contributed by atoms with E-state index in [1.165, 1.54) is 0 Å². The van der Waals surface area contributed by atoms with Crippen molar-refractivity contribution in [3.8, 4) is 0 Å². The van der Waals surface area contributed by atoms with Crippen LogP contribution in [-0.4, -0.2) is 142 Å². The molecule has 2 fully saturated rings. The minimum atomic E-state index is -1.77. The van der Waals surface area contributed by atoms with E-state index < -0.39 is 99.3 Å². The summed E-state index contributed by atoms with van der Waals surface area (Å²) >= 11 is 0. The summed E-state index contributed by atoms with van der Waals surface area (Å²) in [6.45, 7) is 2.26. The Labute approximate surface area is 381 Å². The number of rotatable bonds is 34. The fourth-order valence-electron chi connectivity index (χ4n) is 6.92. The molecule has 15 nitrogen and oxygen atoms in total. The minimum Gasteiger partial charge on any atom is -0.462 e. The normalized spacial score (nSPS) is 27.3. The quantitative estimate of drug-likeness (QED) is 0.0241. The number of unbranched alkanes of at least 4 members (excludes halogenated alkanes) is 12. The zero-order chi connectivity index (χ0) is 46.8. The standard InChI is InChI=1S/C49H80O15/c1-3-5-7-9-11-13-15-17-18-20-21-23-25-27-29-31-40(51)59-34-37(62-41(52)32-30-28-26-24-22-19-16-14-12-10-8-6-4-2)35-60-48-47(58)45(56)43(54)39(64-48)36-61-49-46(57)44(55)42(53)38(33-50)63-49/h5-16,37-39,42-50,53-58H,3-4,17-36H2,1-2H3/b7-5+,8-6+,11-9+,12-10+,15-13+,16-14+/t37?,38-,39-,42+,43+,44?,45?,46?,47?,48-,49-/m1/s1. The molecule has 15 heteroatoms. The molecule has 5 unspecified atom stereocenters. The Morgan fingerprint density at radius 2 is 0.938 bits per heavy atom. The van der Waals surface area contributed by atoms with E-state index in [1.54, 1.807) is 0 Å². The van der Waals surface area contributed by atoms with Gasteiger partial charge in [-0.3, -0.25) is 9.59 Å².